The zero-order valence-corrected chi connectivity index (χ0v) is 30.1. The lowest BCUT2D eigenvalue weighted by Crippen LogP contribution is -1.92. The first kappa shape index (κ1) is 42.5. The van der Waals surface area contributed by atoms with Crippen LogP contribution < -0.4 is 0 Å². The van der Waals surface area contributed by atoms with Crippen LogP contribution in [0.25, 0.3) is 0 Å². The van der Waals surface area contributed by atoms with Crippen LogP contribution in [0.1, 0.15) is 125 Å². The molecule has 0 aliphatic carbocycles. The first-order chi connectivity index (χ1) is 18.3. The molecule has 0 aromatic heterocycles. The van der Waals surface area contributed by atoms with E-state index in [-0.39, 0.29) is 0 Å². The fraction of sp³-hybridized carbons (Fsp3) is 0.622. The van der Waals surface area contributed by atoms with Crippen molar-refractivity contribution in [1.29, 1.82) is 0 Å². The molecule has 0 N–H and O–H groups in total. The van der Waals surface area contributed by atoms with Crippen LogP contribution in [-0.4, -0.2) is 5.75 Å². The zero-order chi connectivity index (χ0) is 30.6. The van der Waals surface area contributed by atoms with Crippen LogP contribution in [0.3, 0.4) is 0 Å². The highest BCUT2D eigenvalue weighted by Crippen LogP contribution is 2.17. The van der Waals surface area contributed by atoms with Gasteiger partial charge in [-0.3, -0.25) is 0 Å². The van der Waals surface area contributed by atoms with E-state index in [1.165, 1.54) is 49.7 Å². The number of rotatable bonds is 10. The lowest BCUT2D eigenvalue weighted by Gasteiger charge is -2.03. The van der Waals surface area contributed by atoms with Crippen molar-refractivity contribution in [3.8, 4) is 0 Å². The molecule has 0 fully saturated rings. The molecule has 0 saturated heterocycles. The highest BCUT2D eigenvalue weighted by atomic mass is 79.9. The molecule has 2 aromatic carbocycles. The number of thiol groups is 1. The summed E-state index contributed by atoms with van der Waals surface area (Å²) in [4.78, 5) is 0. The van der Waals surface area contributed by atoms with Gasteiger partial charge >= 0.3 is 0 Å². The van der Waals surface area contributed by atoms with Gasteiger partial charge in [-0.25, -0.2) is 0 Å². The van der Waals surface area contributed by atoms with Gasteiger partial charge in [-0.1, -0.05) is 166 Å². The third-order valence-corrected chi connectivity index (χ3v) is 6.37. The van der Waals surface area contributed by atoms with Crippen LogP contribution in [0.15, 0.2) is 71.7 Å². The molecule has 0 saturated carbocycles. The van der Waals surface area contributed by atoms with Crippen LogP contribution in [0.2, 0.25) is 0 Å². The van der Waals surface area contributed by atoms with E-state index in [0.717, 1.165) is 28.0 Å². The summed E-state index contributed by atoms with van der Waals surface area (Å²) in [5.41, 5.74) is 2.83. The Morgan fingerprint density at radius 3 is 1.51 bits per heavy atom. The SMILES string of the molecule is C=CC(C)C.CC(C)CCS.CC(C)Cc1ccccc1.CC(C)c1ccc(Br)cc1.CCCCCC(C)C. The third kappa shape index (κ3) is 37.0. The normalized spacial score (nSPS) is 10.1. The van der Waals surface area contributed by atoms with Gasteiger partial charge in [0.05, 0.1) is 0 Å². The Balaban J connectivity index is -0.000000426. The van der Waals surface area contributed by atoms with Crippen LogP contribution in [0.4, 0.5) is 0 Å². The number of hydrogen-bond donors (Lipinski definition) is 1. The molecule has 0 radical (unpaired) electrons. The van der Waals surface area contributed by atoms with E-state index in [9.17, 15) is 0 Å². The maximum absolute atomic E-state index is 4.06. The van der Waals surface area contributed by atoms with Crippen molar-refractivity contribution in [2.75, 3.05) is 5.75 Å². The molecule has 0 unspecified atom stereocenters. The van der Waals surface area contributed by atoms with E-state index < -0.39 is 0 Å². The minimum Gasteiger partial charge on any atom is -0.179 e. The molecule has 226 valence electrons. The van der Waals surface area contributed by atoms with E-state index in [2.05, 4.69) is 166 Å². The Bertz CT molecular complexity index is 730. The molecule has 0 bridgehead atoms. The van der Waals surface area contributed by atoms with E-state index in [0.29, 0.717) is 11.8 Å². The molecule has 0 aliphatic heterocycles. The maximum atomic E-state index is 4.06. The maximum Gasteiger partial charge on any atom is 0.0175 e. The average Bonchev–Trinajstić information content (AvgIpc) is 2.86. The summed E-state index contributed by atoms with van der Waals surface area (Å²) in [6.45, 7) is 27.9. The standard InChI is InChI=1S/C10H14.C9H11Br.C8H18.C5H12S.C5H10/c1-9(2)8-10-6-4-3-5-7-10;1-7(2)8-3-5-9(10)6-4-8;1-4-5-6-7-8(2)3;1-5(2)3-4-6;1-4-5(2)3/h3-7,9H,8H2,1-2H3;3-7H,1-2H3;8H,4-7H2,1-3H3;5-6H,3-4H2,1-2H3;4-5H,1H2,2-3H3. The third-order valence-electron chi connectivity index (χ3n) is 5.59. The second-order valence-corrected chi connectivity index (χ2v) is 13.4. The van der Waals surface area contributed by atoms with Gasteiger partial charge in [0.15, 0.2) is 0 Å². The first-order valence-corrected chi connectivity index (χ1v) is 16.8. The molecule has 0 heterocycles. The summed E-state index contributed by atoms with van der Waals surface area (Å²) >= 11 is 7.45. The molecule has 0 spiro atoms. The molecule has 2 rings (SSSR count). The monoisotopic (exact) mass is 620 g/mol. The van der Waals surface area contributed by atoms with Crippen LogP contribution in [0, 0.1) is 23.7 Å². The molecule has 39 heavy (non-hydrogen) atoms. The van der Waals surface area contributed by atoms with Crippen molar-refractivity contribution in [1.82, 2.24) is 0 Å². The molecular weight excluding hydrogens is 556 g/mol. The molecule has 0 aliphatic rings. The lowest BCUT2D eigenvalue weighted by atomic mass is 10.0. The van der Waals surface area contributed by atoms with Gasteiger partial charge in [-0.2, -0.15) is 12.6 Å². The summed E-state index contributed by atoms with van der Waals surface area (Å²) < 4.78 is 1.15. The quantitative estimate of drug-likeness (QED) is 0.152. The fourth-order valence-electron chi connectivity index (χ4n) is 2.99. The van der Waals surface area contributed by atoms with Gasteiger partial charge in [0.2, 0.25) is 0 Å². The Hall–Kier alpha value is -0.990. The number of unbranched alkanes of at least 4 members (excludes halogenated alkanes) is 2. The predicted octanol–water partition coefficient (Wildman–Crippen LogP) is 13.5. The summed E-state index contributed by atoms with van der Waals surface area (Å²) in [6.07, 6.45) is 9.96. The predicted molar refractivity (Wildman–Crippen MR) is 191 cm³/mol. The van der Waals surface area contributed by atoms with Gasteiger partial charge in [0, 0.05) is 4.47 Å². The van der Waals surface area contributed by atoms with Crippen molar-refractivity contribution in [3.05, 3.63) is 82.9 Å². The highest BCUT2D eigenvalue weighted by Gasteiger charge is 1.96. The molecule has 2 heteroatoms. The Labute approximate surface area is 260 Å². The minimum absolute atomic E-state index is 0.632. The van der Waals surface area contributed by atoms with Crippen LogP contribution in [-0.2, 0) is 6.42 Å². The number of benzene rings is 2. The second kappa shape index (κ2) is 30.0. The van der Waals surface area contributed by atoms with Gasteiger partial charge in [0.1, 0.15) is 0 Å². The molecule has 0 atom stereocenters. The Kier molecular flexibility index (Phi) is 32.7. The van der Waals surface area contributed by atoms with Crippen molar-refractivity contribution >= 4 is 28.6 Å². The van der Waals surface area contributed by atoms with Crippen LogP contribution >= 0.6 is 28.6 Å². The first-order valence-electron chi connectivity index (χ1n) is 15.3. The van der Waals surface area contributed by atoms with E-state index in [1.54, 1.807) is 0 Å². The Morgan fingerprint density at radius 2 is 1.21 bits per heavy atom. The Morgan fingerprint density at radius 1 is 0.718 bits per heavy atom. The minimum atomic E-state index is 0.632. The molecule has 0 nitrogen and oxygen atoms in total. The van der Waals surface area contributed by atoms with Crippen molar-refractivity contribution < 1.29 is 0 Å². The van der Waals surface area contributed by atoms with Crippen LogP contribution in [0.5, 0.6) is 0 Å². The largest absolute Gasteiger partial charge is 0.179 e. The fourth-order valence-corrected chi connectivity index (χ4v) is 3.77. The average molecular weight is 622 g/mol. The van der Waals surface area contributed by atoms with Gasteiger partial charge in [-0.05, 0) is 71.4 Å². The second-order valence-electron chi connectivity index (χ2n) is 12.1. The summed E-state index contributed by atoms with van der Waals surface area (Å²) in [6, 6.07) is 19.1. The molecule has 0 amide bonds. The van der Waals surface area contributed by atoms with Crippen molar-refractivity contribution in [3.63, 3.8) is 0 Å². The van der Waals surface area contributed by atoms with E-state index in [4.69, 9.17) is 0 Å². The molecule has 2 aromatic rings. The smallest absolute Gasteiger partial charge is 0.0175 e. The van der Waals surface area contributed by atoms with E-state index in [1.807, 2.05) is 6.08 Å². The van der Waals surface area contributed by atoms with Crippen molar-refractivity contribution in [2.45, 2.75) is 121 Å². The van der Waals surface area contributed by atoms with Gasteiger partial charge in [-0.15, -0.1) is 6.58 Å². The number of halogens is 1. The number of allylic oxidation sites excluding steroid dienone is 1. The molecular formula is C37H65BrS. The lowest BCUT2D eigenvalue weighted by molar-refractivity contribution is 0.534. The zero-order valence-electron chi connectivity index (χ0n) is 27.6. The van der Waals surface area contributed by atoms with Gasteiger partial charge < -0.3 is 0 Å². The highest BCUT2D eigenvalue weighted by molar-refractivity contribution is 9.10. The van der Waals surface area contributed by atoms with Gasteiger partial charge in [0.25, 0.3) is 0 Å². The summed E-state index contributed by atoms with van der Waals surface area (Å²) in [5, 5.41) is 0. The summed E-state index contributed by atoms with van der Waals surface area (Å²) in [5.74, 6) is 4.80. The summed E-state index contributed by atoms with van der Waals surface area (Å²) in [7, 11) is 0. The van der Waals surface area contributed by atoms with E-state index >= 15 is 0 Å². The topological polar surface area (TPSA) is 0 Å². The van der Waals surface area contributed by atoms with Crippen molar-refractivity contribution in [2.24, 2.45) is 23.7 Å². The number of hydrogen-bond acceptors (Lipinski definition) is 1.